The molecule has 1 N–H and O–H groups in total. The Balaban J connectivity index is 1.19. The van der Waals surface area contributed by atoms with E-state index in [-0.39, 0.29) is 0 Å². The highest BCUT2D eigenvalue weighted by atomic mass is 15.5. The van der Waals surface area contributed by atoms with E-state index in [9.17, 15) is 0 Å². The van der Waals surface area contributed by atoms with Gasteiger partial charge in [0.25, 0.3) is 0 Å². The number of nitrogens with one attached hydrogen (secondary N) is 1. The van der Waals surface area contributed by atoms with E-state index in [0.717, 1.165) is 47.1 Å². The second kappa shape index (κ2) is 8.74. The average Bonchev–Trinajstić information content (AvgIpc) is 3.44. The molecule has 4 bridgehead atoms. The fourth-order valence-corrected chi connectivity index (χ4v) is 8.34. The molecular weight excluding hydrogens is 422 g/mol. The number of imidazole rings is 1. The molecule has 7 rings (SSSR count). The Labute approximate surface area is 201 Å². The number of nitrogens with zero attached hydrogens (tertiary/aromatic N) is 6. The number of hydrogen-bond donors (Lipinski definition) is 1. The van der Waals surface area contributed by atoms with Crippen molar-refractivity contribution in [2.45, 2.75) is 108 Å². The number of rotatable bonds is 4. The molecule has 1 aromatic carbocycles. The molecule has 2 saturated heterocycles. The van der Waals surface area contributed by atoms with E-state index in [1.54, 1.807) is 0 Å². The molecule has 180 valence electrons. The third-order valence-electron chi connectivity index (χ3n) is 9.53. The highest BCUT2D eigenvalue weighted by Crippen LogP contribution is 2.47. The summed E-state index contributed by atoms with van der Waals surface area (Å²) >= 11 is 0. The first kappa shape index (κ1) is 21.0. The zero-order valence-corrected chi connectivity index (χ0v) is 20.1. The molecule has 0 unspecified atom stereocenters. The first-order valence-electron chi connectivity index (χ1n) is 13.8. The number of para-hydroxylation sites is 2. The predicted molar refractivity (Wildman–Crippen MR) is 131 cm³/mol. The first-order chi connectivity index (χ1) is 16.8. The summed E-state index contributed by atoms with van der Waals surface area (Å²) in [5, 5.41) is 14.7. The first-order valence-corrected chi connectivity index (χ1v) is 13.8. The van der Waals surface area contributed by atoms with E-state index >= 15 is 0 Å². The van der Waals surface area contributed by atoms with Crippen LogP contribution in [0.5, 0.6) is 0 Å². The topological polar surface area (TPSA) is 75.5 Å². The van der Waals surface area contributed by atoms with Crippen LogP contribution >= 0.6 is 0 Å². The van der Waals surface area contributed by atoms with Crippen LogP contribution in [-0.2, 0) is 6.42 Å². The molecule has 6 atom stereocenters. The van der Waals surface area contributed by atoms with Gasteiger partial charge in [-0.15, -0.1) is 5.10 Å². The van der Waals surface area contributed by atoms with Crippen LogP contribution in [0.1, 0.15) is 94.7 Å². The zero-order valence-electron chi connectivity index (χ0n) is 20.1. The lowest BCUT2D eigenvalue weighted by atomic mass is 9.73. The van der Waals surface area contributed by atoms with Crippen molar-refractivity contribution >= 4 is 11.0 Å². The molecule has 0 spiro atoms. The van der Waals surface area contributed by atoms with Crippen LogP contribution in [-0.4, -0.2) is 53.2 Å². The van der Waals surface area contributed by atoms with Gasteiger partial charge in [-0.25, -0.2) is 10.1 Å². The van der Waals surface area contributed by atoms with Gasteiger partial charge in [0.05, 0.1) is 17.5 Å². The summed E-state index contributed by atoms with van der Waals surface area (Å²) in [6, 6.07) is 11.4. The van der Waals surface area contributed by atoms with Crippen LogP contribution in [0.2, 0.25) is 0 Å². The molecule has 0 amide bonds. The number of H-pyrrole nitrogens is 1. The lowest BCUT2D eigenvalue weighted by Gasteiger charge is -2.54. The molecule has 4 aliphatic rings. The Morgan fingerprint density at radius 3 is 2.29 bits per heavy atom. The largest absolute Gasteiger partial charge is 0.324 e. The van der Waals surface area contributed by atoms with E-state index in [1.807, 2.05) is 0 Å². The Morgan fingerprint density at radius 1 is 0.794 bits per heavy atom. The van der Waals surface area contributed by atoms with Gasteiger partial charge in [0, 0.05) is 24.2 Å². The van der Waals surface area contributed by atoms with Gasteiger partial charge in [-0.2, -0.15) is 0 Å². The van der Waals surface area contributed by atoms with Crippen LogP contribution in [0.4, 0.5) is 0 Å². The van der Waals surface area contributed by atoms with Gasteiger partial charge in [-0.1, -0.05) is 44.2 Å². The van der Waals surface area contributed by atoms with Crippen LogP contribution in [0.15, 0.2) is 24.3 Å². The van der Waals surface area contributed by atoms with E-state index in [0.29, 0.717) is 12.5 Å². The number of tetrazole rings is 1. The van der Waals surface area contributed by atoms with Crippen molar-refractivity contribution in [2.75, 3.05) is 0 Å². The van der Waals surface area contributed by atoms with Crippen LogP contribution in [0.25, 0.3) is 11.0 Å². The van der Waals surface area contributed by atoms with Crippen molar-refractivity contribution in [3.05, 3.63) is 35.9 Å². The fourth-order valence-electron chi connectivity index (χ4n) is 8.34. The number of hydrogen-bond acceptors (Lipinski definition) is 5. The van der Waals surface area contributed by atoms with E-state index in [2.05, 4.69) is 54.4 Å². The van der Waals surface area contributed by atoms with Crippen LogP contribution < -0.4 is 0 Å². The maximum absolute atomic E-state index is 5.05. The van der Waals surface area contributed by atoms with Crippen molar-refractivity contribution in [3.63, 3.8) is 0 Å². The highest BCUT2D eigenvalue weighted by Gasteiger charge is 2.45. The number of aromatic amines is 1. The van der Waals surface area contributed by atoms with E-state index in [4.69, 9.17) is 4.98 Å². The average molecular weight is 460 g/mol. The Bertz CT molecular complexity index is 1090. The summed E-state index contributed by atoms with van der Waals surface area (Å²) in [5.74, 6) is 3.87. The second-order valence-corrected chi connectivity index (χ2v) is 11.6. The summed E-state index contributed by atoms with van der Waals surface area (Å²) in [6.45, 7) is 0. The Hall–Kier alpha value is -2.28. The third-order valence-corrected chi connectivity index (χ3v) is 9.53. The van der Waals surface area contributed by atoms with Crippen molar-refractivity contribution in [3.8, 4) is 0 Å². The van der Waals surface area contributed by atoms with Gasteiger partial charge >= 0.3 is 0 Å². The van der Waals surface area contributed by atoms with Gasteiger partial charge in [0.2, 0.25) is 0 Å². The highest BCUT2D eigenvalue weighted by molar-refractivity contribution is 5.76. The minimum atomic E-state index is 0.510. The quantitative estimate of drug-likeness (QED) is 0.590. The maximum Gasteiger partial charge on any atom is 0.156 e. The standard InChI is InChI=1S/C27H37N7/c1-2-7-19-12-18(6-1)13-22(14-19)33-20-8-5-9-21(33)16-23(15-20)34-25-11-4-3-10-24(25)28-27(34)17-26-29-31-32-30-26/h3-4,10-11,18-23H,1-2,5-9,12-17H2,(H,29,30,31,32)/t18-,19+,20-,21+,22+,23-. The molecule has 2 saturated carbocycles. The summed E-state index contributed by atoms with van der Waals surface area (Å²) in [7, 11) is 0. The van der Waals surface area contributed by atoms with Gasteiger partial charge in [0.1, 0.15) is 5.82 Å². The van der Waals surface area contributed by atoms with E-state index < -0.39 is 0 Å². The Morgan fingerprint density at radius 2 is 1.56 bits per heavy atom. The normalized spacial score (nSPS) is 34.2. The summed E-state index contributed by atoms with van der Waals surface area (Å²) in [4.78, 5) is 8.11. The number of aromatic nitrogens is 6. The predicted octanol–water partition coefficient (Wildman–Crippen LogP) is 5.06. The molecule has 34 heavy (non-hydrogen) atoms. The molecular formula is C27H37N7. The fraction of sp³-hybridized carbons (Fsp3) is 0.704. The molecule has 7 heteroatoms. The van der Waals surface area contributed by atoms with Crippen molar-refractivity contribution < 1.29 is 0 Å². The molecule has 0 radical (unpaired) electrons. The lowest BCUT2D eigenvalue weighted by molar-refractivity contribution is -0.0419. The van der Waals surface area contributed by atoms with Crippen molar-refractivity contribution in [2.24, 2.45) is 11.8 Å². The molecule has 4 fully saturated rings. The summed E-state index contributed by atoms with van der Waals surface area (Å²) in [6.07, 6.45) is 17.7. The van der Waals surface area contributed by atoms with Gasteiger partial charge < -0.3 is 4.57 Å². The second-order valence-electron chi connectivity index (χ2n) is 11.6. The lowest BCUT2D eigenvalue weighted by Crippen LogP contribution is -2.58. The Kier molecular flexibility index (Phi) is 5.41. The van der Waals surface area contributed by atoms with Crippen LogP contribution in [0, 0.1) is 11.8 Å². The zero-order chi connectivity index (χ0) is 22.5. The molecule has 3 aromatic rings. The minimum absolute atomic E-state index is 0.510. The summed E-state index contributed by atoms with van der Waals surface area (Å²) < 4.78 is 2.56. The van der Waals surface area contributed by atoms with Gasteiger partial charge in [-0.3, -0.25) is 4.90 Å². The molecule has 7 nitrogen and oxygen atoms in total. The number of benzene rings is 1. The van der Waals surface area contributed by atoms with Crippen molar-refractivity contribution in [1.29, 1.82) is 0 Å². The maximum atomic E-state index is 5.05. The molecule has 2 aliphatic carbocycles. The van der Waals surface area contributed by atoms with Gasteiger partial charge in [0.15, 0.2) is 5.82 Å². The SMILES string of the molecule is c1ccc2c(c1)nc(Cc1nnn[nH]1)n2[C@@H]1C[C@H]2CCC[C@@H](C1)N2[C@H]1C[C@@H]2CCCC[C@@H](C2)C1. The number of piperidine rings is 2. The van der Waals surface area contributed by atoms with E-state index in [1.165, 1.54) is 82.6 Å². The van der Waals surface area contributed by atoms with Gasteiger partial charge in [-0.05, 0) is 79.3 Å². The number of fused-ring (bicyclic) bond motifs is 5. The minimum Gasteiger partial charge on any atom is -0.324 e. The monoisotopic (exact) mass is 459 g/mol. The molecule has 2 aromatic heterocycles. The third kappa shape index (κ3) is 3.76. The molecule has 2 aliphatic heterocycles. The summed E-state index contributed by atoms with van der Waals surface area (Å²) in [5.41, 5.74) is 2.36. The molecule has 4 heterocycles. The smallest absolute Gasteiger partial charge is 0.156 e. The van der Waals surface area contributed by atoms with Crippen molar-refractivity contribution in [1.82, 2.24) is 35.1 Å². The van der Waals surface area contributed by atoms with Crippen LogP contribution in [0.3, 0.4) is 0 Å².